The molecular weight excluding hydrogens is 228 g/mol. The summed E-state index contributed by atoms with van der Waals surface area (Å²) in [7, 11) is 0. The summed E-state index contributed by atoms with van der Waals surface area (Å²) in [6.07, 6.45) is 3.12. The SMILES string of the molecule is CC1(C(NN)c2ccc3c(c2)CCO3)CCCO1. The Morgan fingerprint density at radius 3 is 3.00 bits per heavy atom. The lowest BCUT2D eigenvalue weighted by Crippen LogP contribution is -2.44. The summed E-state index contributed by atoms with van der Waals surface area (Å²) < 4.78 is 11.4. The van der Waals surface area contributed by atoms with Crippen LogP contribution in [0, 0.1) is 0 Å². The first-order valence-corrected chi connectivity index (χ1v) is 6.59. The fourth-order valence-corrected chi connectivity index (χ4v) is 3.04. The second-order valence-electron chi connectivity index (χ2n) is 5.33. The maximum absolute atomic E-state index is 5.89. The first kappa shape index (κ1) is 12.0. The van der Waals surface area contributed by atoms with E-state index in [1.54, 1.807) is 0 Å². The normalized spacial score (nSPS) is 27.9. The molecule has 0 saturated carbocycles. The van der Waals surface area contributed by atoms with Crippen molar-refractivity contribution >= 4 is 0 Å². The third-order valence-electron chi connectivity index (χ3n) is 4.07. The highest BCUT2D eigenvalue weighted by Gasteiger charge is 2.39. The Morgan fingerprint density at radius 2 is 2.28 bits per heavy atom. The van der Waals surface area contributed by atoms with Crippen LogP contribution in [0.3, 0.4) is 0 Å². The summed E-state index contributed by atoms with van der Waals surface area (Å²) in [6.45, 7) is 3.74. The van der Waals surface area contributed by atoms with Gasteiger partial charge in [-0.3, -0.25) is 11.3 Å². The molecule has 0 spiro atoms. The maximum atomic E-state index is 5.89. The van der Waals surface area contributed by atoms with Gasteiger partial charge in [-0.25, -0.2) is 0 Å². The van der Waals surface area contributed by atoms with Crippen molar-refractivity contribution in [2.24, 2.45) is 5.84 Å². The fourth-order valence-electron chi connectivity index (χ4n) is 3.04. The summed E-state index contributed by atoms with van der Waals surface area (Å²) in [5, 5.41) is 0. The van der Waals surface area contributed by atoms with Gasteiger partial charge < -0.3 is 9.47 Å². The van der Waals surface area contributed by atoms with E-state index >= 15 is 0 Å². The number of hydrogen-bond donors (Lipinski definition) is 2. The Labute approximate surface area is 107 Å². The van der Waals surface area contributed by atoms with Crippen LogP contribution in [-0.4, -0.2) is 18.8 Å². The van der Waals surface area contributed by atoms with Gasteiger partial charge in [0.25, 0.3) is 0 Å². The van der Waals surface area contributed by atoms with Gasteiger partial charge in [-0.05, 0) is 37.0 Å². The van der Waals surface area contributed by atoms with Crippen LogP contribution in [0.1, 0.15) is 36.9 Å². The molecule has 0 bridgehead atoms. The Kier molecular flexibility index (Phi) is 3.01. The van der Waals surface area contributed by atoms with Gasteiger partial charge in [0.1, 0.15) is 5.75 Å². The van der Waals surface area contributed by atoms with E-state index in [1.807, 2.05) is 6.07 Å². The van der Waals surface area contributed by atoms with E-state index in [4.69, 9.17) is 15.3 Å². The molecule has 3 N–H and O–H groups in total. The summed E-state index contributed by atoms with van der Waals surface area (Å²) in [5.74, 6) is 6.76. The number of hydrazine groups is 1. The summed E-state index contributed by atoms with van der Waals surface area (Å²) in [5.41, 5.74) is 5.18. The predicted molar refractivity (Wildman–Crippen MR) is 69.3 cm³/mol. The quantitative estimate of drug-likeness (QED) is 0.631. The second-order valence-corrected chi connectivity index (χ2v) is 5.33. The van der Waals surface area contributed by atoms with E-state index in [0.29, 0.717) is 0 Å². The van der Waals surface area contributed by atoms with Crippen molar-refractivity contribution in [3.63, 3.8) is 0 Å². The third kappa shape index (κ3) is 1.90. The van der Waals surface area contributed by atoms with Gasteiger partial charge in [0, 0.05) is 13.0 Å². The number of nitrogens with two attached hydrogens (primary N) is 1. The van der Waals surface area contributed by atoms with Gasteiger partial charge in [0.15, 0.2) is 0 Å². The van der Waals surface area contributed by atoms with E-state index in [2.05, 4.69) is 24.5 Å². The van der Waals surface area contributed by atoms with Crippen LogP contribution in [0.4, 0.5) is 0 Å². The molecule has 4 heteroatoms. The molecule has 2 unspecified atom stereocenters. The molecule has 1 aromatic rings. The minimum atomic E-state index is -0.206. The van der Waals surface area contributed by atoms with Crippen LogP contribution < -0.4 is 16.0 Å². The van der Waals surface area contributed by atoms with E-state index < -0.39 is 0 Å². The van der Waals surface area contributed by atoms with Gasteiger partial charge in [-0.1, -0.05) is 12.1 Å². The fraction of sp³-hybridized carbons (Fsp3) is 0.571. The minimum Gasteiger partial charge on any atom is -0.493 e. The molecule has 18 heavy (non-hydrogen) atoms. The van der Waals surface area contributed by atoms with Crippen molar-refractivity contribution in [3.05, 3.63) is 29.3 Å². The van der Waals surface area contributed by atoms with Gasteiger partial charge >= 0.3 is 0 Å². The van der Waals surface area contributed by atoms with Crippen molar-refractivity contribution in [1.29, 1.82) is 0 Å². The molecule has 1 aromatic carbocycles. The van der Waals surface area contributed by atoms with Gasteiger partial charge in [0.05, 0.1) is 18.2 Å². The molecule has 1 fully saturated rings. The average Bonchev–Trinajstić information content (AvgIpc) is 2.98. The molecule has 0 aliphatic carbocycles. The number of rotatable bonds is 3. The van der Waals surface area contributed by atoms with E-state index in [9.17, 15) is 0 Å². The van der Waals surface area contributed by atoms with Gasteiger partial charge in [-0.15, -0.1) is 0 Å². The van der Waals surface area contributed by atoms with Crippen LogP contribution >= 0.6 is 0 Å². The highest BCUT2D eigenvalue weighted by atomic mass is 16.5. The highest BCUT2D eigenvalue weighted by Crippen LogP contribution is 2.38. The zero-order valence-electron chi connectivity index (χ0n) is 10.7. The van der Waals surface area contributed by atoms with E-state index in [-0.39, 0.29) is 11.6 Å². The predicted octanol–water partition coefficient (Wildman–Crippen LogP) is 1.69. The molecule has 0 aromatic heterocycles. The second kappa shape index (κ2) is 4.53. The summed E-state index contributed by atoms with van der Waals surface area (Å²) in [4.78, 5) is 0. The standard InChI is InChI=1S/C14H20N2O2/c1-14(6-2-7-18-14)13(16-15)11-3-4-12-10(9-11)5-8-17-12/h3-4,9,13,16H,2,5-8,15H2,1H3. The van der Waals surface area contributed by atoms with Crippen LogP contribution in [0.2, 0.25) is 0 Å². The molecule has 3 rings (SSSR count). The van der Waals surface area contributed by atoms with Crippen molar-refractivity contribution in [1.82, 2.24) is 5.43 Å². The number of ether oxygens (including phenoxy) is 2. The molecule has 2 aliphatic heterocycles. The first-order chi connectivity index (χ1) is 8.73. The molecule has 0 radical (unpaired) electrons. The lowest BCUT2D eigenvalue weighted by atomic mass is 9.87. The topological polar surface area (TPSA) is 56.5 Å². The molecule has 2 atom stereocenters. The van der Waals surface area contributed by atoms with Crippen molar-refractivity contribution in [2.75, 3.05) is 13.2 Å². The van der Waals surface area contributed by atoms with Crippen LogP contribution in [0.15, 0.2) is 18.2 Å². The number of hydrogen-bond acceptors (Lipinski definition) is 4. The minimum absolute atomic E-state index is 0.0332. The largest absolute Gasteiger partial charge is 0.493 e. The third-order valence-corrected chi connectivity index (χ3v) is 4.07. The van der Waals surface area contributed by atoms with Crippen molar-refractivity contribution in [2.45, 2.75) is 37.8 Å². The number of nitrogens with one attached hydrogen (secondary N) is 1. The lowest BCUT2D eigenvalue weighted by molar-refractivity contribution is -0.0125. The number of benzene rings is 1. The highest BCUT2D eigenvalue weighted by molar-refractivity contribution is 5.41. The molecule has 0 amide bonds. The lowest BCUT2D eigenvalue weighted by Gasteiger charge is -2.33. The molecule has 2 heterocycles. The maximum Gasteiger partial charge on any atom is 0.122 e. The Bertz CT molecular complexity index is 441. The molecule has 2 aliphatic rings. The molecule has 98 valence electrons. The Balaban J connectivity index is 1.92. The van der Waals surface area contributed by atoms with Crippen molar-refractivity contribution in [3.8, 4) is 5.75 Å². The number of fused-ring (bicyclic) bond motifs is 1. The summed E-state index contributed by atoms with van der Waals surface area (Å²) in [6, 6.07) is 6.35. The zero-order valence-corrected chi connectivity index (χ0v) is 10.7. The van der Waals surface area contributed by atoms with Crippen LogP contribution in [0.25, 0.3) is 0 Å². The zero-order chi connectivity index (χ0) is 12.6. The van der Waals surface area contributed by atoms with Crippen LogP contribution in [0.5, 0.6) is 5.75 Å². The van der Waals surface area contributed by atoms with E-state index in [0.717, 1.165) is 38.2 Å². The monoisotopic (exact) mass is 248 g/mol. The molecule has 4 nitrogen and oxygen atoms in total. The van der Waals surface area contributed by atoms with Gasteiger partial charge in [0.2, 0.25) is 0 Å². The van der Waals surface area contributed by atoms with Crippen molar-refractivity contribution < 1.29 is 9.47 Å². The average molecular weight is 248 g/mol. The van der Waals surface area contributed by atoms with Gasteiger partial charge in [-0.2, -0.15) is 0 Å². The van der Waals surface area contributed by atoms with E-state index in [1.165, 1.54) is 11.1 Å². The Hall–Kier alpha value is -1.10. The molecular formula is C14H20N2O2. The first-order valence-electron chi connectivity index (χ1n) is 6.59. The van der Waals surface area contributed by atoms with Crippen LogP contribution in [-0.2, 0) is 11.2 Å². The summed E-state index contributed by atoms with van der Waals surface area (Å²) >= 11 is 0. The smallest absolute Gasteiger partial charge is 0.122 e. The molecule has 1 saturated heterocycles. The Morgan fingerprint density at radius 1 is 1.39 bits per heavy atom.